The van der Waals surface area contributed by atoms with Gasteiger partial charge in [-0.25, -0.2) is 8.78 Å². The minimum Gasteiger partial charge on any atom is -0.361 e. The highest BCUT2D eigenvalue weighted by atomic mass is 79.9. The number of hydrogen-bond donors (Lipinski definition) is 2. The lowest BCUT2D eigenvalue weighted by atomic mass is 10.1. The van der Waals surface area contributed by atoms with E-state index in [1.54, 1.807) is 29.2 Å². The number of aromatic amines is 1. The molecule has 3 aromatic rings. The van der Waals surface area contributed by atoms with Gasteiger partial charge < -0.3 is 15.2 Å². The van der Waals surface area contributed by atoms with Gasteiger partial charge >= 0.3 is 0 Å². The molecule has 1 aromatic heterocycles. The Balaban J connectivity index is 1.34. The number of nitrogens with one attached hydrogen (secondary N) is 2. The Morgan fingerprint density at radius 2 is 2.06 bits per heavy atom. The van der Waals surface area contributed by atoms with Crippen LogP contribution in [0.5, 0.6) is 0 Å². The van der Waals surface area contributed by atoms with Gasteiger partial charge in [-0.05, 0) is 82.7 Å². The predicted molar refractivity (Wildman–Crippen MR) is 123 cm³/mol. The number of benzene rings is 2. The van der Waals surface area contributed by atoms with Crippen LogP contribution in [0.2, 0.25) is 0 Å². The zero-order valence-corrected chi connectivity index (χ0v) is 18.8. The molecule has 0 radical (unpaired) electrons. The molecule has 0 saturated carbocycles. The van der Waals surface area contributed by atoms with Gasteiger partial charge in [-0.15, -0.1) is 0 Å². The molecule has 1 aliphatic heterocycles. The van der Waals surface area contributed by atoms with Gasteiger partial charge in [-0.1, -0.05) is 6.07 Å². The van der Waals surface area contributed by atoms with Gasteiger partial charge in [0.1, 0.15) is 17.7 Å². The molecule has 4 rings (SSSR count). The van der Waals surface area contributed by atoms with Crippen molar-refractivity contribution in [2.75, 3.05) is 13.1 Å². The van der Waals surface area contributed by atoms with Crippen molar-refractivity contribution in [1.29, 1.82) is 0 Å². The van der Waals surface area contributed by atoms with Crippen LogP contribution < -0.4 is 5.32 Å². The minimum atomic E-state index is -0.521. The van der Waals surface area contributed by atoms with E-state index in [4.69, 9.17) is 0 Å². The molecule has 0 spiro atoms. The third kappa shape index (κ3) is 4.91. The number of halogens is 3. The average Bonchev–Trinajstić information content (AvgIpc) is 3.42. The van der Waals surface area contributed by atoms with E-state index in [2.05, 4.69) is 26.2 Å². The van der Waals surface area contributed by atoms with Crippen molar-refractivity contribution < 1.29 is 18.4 Å². The fraction of sp³-hybridized carbons (Fsp3) is 0.250. The number of rotatable bonds is 6. The minimum absolute atomic E-state index is 0.195. The number of carbonyl (C=O) groups excluding carboxylic acids is 2. The Morgan fingerprint density at radius 1 is 1.22 bits per heavy atom. The van der Waals surface area contributed by atoms with Crippen molar-refractivity contribution in [1.82, 2.24) is 15.2 Å². The van der Waals surface area contributed by atoms with Crippen LogP contribution in [-0.4, -0.2) is 40.8 Å². The Hall–Kier alpha value is -3.00. The normalized spacial score (nSPS) is 16.2. The number of nitrogens with zero attached hydrogens (tertiary/aromatic N) is 1. The van der Waals surface area contributed by atoms with Crippen molar-refractivity contribution in [3.63, 3.8) is 0 Å². The fourth-order valence-corrected chi connectivity index (χ4v) is 4.37. The number of likely N-dealkylation sites (tertiary alicyclic amines) is 1. The molecule has 0 bridgehead atoms. The lowest BCUT2D eigenvalue weighted by Gasteiger charge is -2.22. The Kier molecular flexibility index (Phi) is 6.69. The van der Waals surface area contributed by atoms with Gasteiger partial charge in [0.25, 0.3) is 0 Å². The molecule has 1 saturated heterocycles. The molecule has 166 valence electrons. The first-order valence-electron chi connectivity index (χ1n) is 10.4. The highest BCUT2D eigenvalue weighted by Gasteiger charge is 2.32. The Labute approximate surface area is 192 Å². The lowest BCUT2D eigenvalue weighted by Crippen LogP contribution is -2.45. The number of H-pyrrole nitrogens is 1. The standard InChI is InChI=1S/C24H22BrF2N3O2/c25-19-12-15(3-6-20(19)27)4-8-23(31)30-11-1-2-22(30)24(32)28-10-9-16-14-29-21-7-5-17(26)13-18(16)21/h3-8,12-14,22,29H,1-2,9-11H2,(H,28,32)/b8-4+. The topological polar surface area (TPSA) is 65.2 Å². The quantitative estimate of drug-likeness (QED) is 0.485. The van der Waals surface area contributed by atoms with Crippen LogP contribution in [0.25, 0.3) is 17.0 Å². The van der Waals surface area contributed by atoms with E-state index in [0.29, 0.717) is 36.0 Å². The van der Waals surface area contributed by atoms with E-state index < -0.39 is 6.04 Å². The van der Waals surface area contributed by atoms with E-state index in [9.17, 15) is 18.4 Å². The van der Waals surface area contributed by atoms with Gasteiger partial charge in [-0.3, -0.25) is 9.59 Å². The summed E-state index contributed by atoms with van der Waals surface area (Å²) in [4.78, 5) is 30.0. The summed E-state index contributed by atoms with van der Waals surface area (Å²) in [6.07, 6.45) is 6.74. The molecule has 1 atom stereocenters. The lowest BCUT2D eigenvalue weighted by molar-refractivity contribution is -0.135. The summed E-state index contributed by atoms with van der Waals surface area (Å²) >= 11 is 3.13. The van der Waals surface area contributed by atoms with Gasteiger partial charge in [-0.2, -0.15) is 0 Å². The molecule has 2 heterocycles. The van der Waals surface area contributed by atoms with Crippen molar-refractivity contribution in [3.8, 4) is 0 Å². The van der Waals surface area contributed by atoms with Gasteiger partial charge in [0.2, 0.25) is 11.8 Å². The maximum atomic E-state index is 13.5. The first kappa shape index (κ1) is 22.2. The summed E-state index contributed by atoms with van der Waals surface area (Å²) < 4.78 is 27.2. The number of amides is 2. The zero-order valence-electron chi connectivity index (χ0n) is 17.2. The van der Waals surface area contributed by atoms with Crippen molar-refractivity contribution in [3.05, 3.63) is 75.9 Å². The van der Waals surface area contributed by atoms with Crippen molar-refractivity contribution in [2.24, 2.45) is 0 Å². The maximum Gasteiger partial charge on any atom is 0.247 e. The van der Waals surface area contributed by atoms with Crippen LogP contribution in [0.4, 0.5) is 8.78 Å². The molecular formula is C24H22BrF2N3O2. The van der Waals surface area contributed by atoms with E-state index >= 15 is 0 Å². The molecule has 1 fully saturated rings. The van der Waals surface area contributed by atoms with Crippen molar-refractivity contribution in [2.45, 2.75) is 25.3 Å². The smallest absolute Gasteiger partial charge is 0.247 e. The Bertz CT molecular complexity index is 1190. The van der Waals surface area contributed by atoms with Gasteiger partial charge in [0.05, 0.1) is 4.47 Å². The summed E-state index contributed by atoms with van der Waals surface area (Å²) in [5, 5.41) is 3.70. The molecule has 2 amide bonds. The van der Waals surface area contributed by atoms with E-state index in [0.717, 1.165) is 22.9 Å². The summed E-state index contributed by atoms with van der Waals surface area (Å²) in [5.41, 5.74) is 2.45. The third-order valence-corrected chi connectivity index (χ3v) is 6.23. The second-order valence-electron chi connectivity index (χ2n) is 7.74. The average molecular weight is 502 g/mol. The molecule has 2 N–H and O–H groups in total. The fourth-order valence-electron chi connectivity index (χ4n) is 3.98. The molecular weight excluding hydrogens is 480 g/mol. The second-order valence-corrected chi connectivity index (χ2v) is 8.60. The van der Waals surface area contributed by atoms with Gasteiger partial charge in [0.15, 0.2) is 0 Å². The van der Waals surface area contributed by atoms with Crippen LogP contribution >= 0.6 is 15.9 Å². The van der Waals surface area contributed by atoms with E-state index in [1.165, 1.54) is 24.3 Å². The highest BCUT2D eigenvalue weighted by Crippen LogP contribution is 2.21. The van der Waals surface area contributed by atoms with E-state index in [1.807, 2.05) is 6.20 Å². The zero-order chi connectivity index (χ0) is 22.7. The van der Waals surface area contributed by atoms with Crippen LogP contribution in [0.3, 0.4) is 0 Å². The predicted octanol–water partition coefficient (Wildman–Crippen LogP) is 4.57. The van der Waals surface area contributed by atoms with Crippen LogP contribution in [0.15, 0.2) is 53.1 Å². The van der Waals surface area contributed by atoms with Crippen LogP contribution in [0.1, 0.15) is 24.0 Å². The summed E-state index contributed by atoms with van der Waals surface area (Å²) in [6, 6.07) is 8.53. The SMILES string of the molecule is O=C(NCCc1c[nH]c2ccc(F)cc12)C1CCCN1C(=O)/C=C/c1ccc(F)c(Br)c1. The molecule has 2 aromatic carbocycles. The molecule has 8 heteroatoms. The molecule has 32 heavy (non-hydrogen) atoms. The number of fused-ring (bicyclic) bond motifs is 1. The largest absolute Gasteiger partial charge is 0.361 e. The molecule has 5 nitrogen and oxygen atoms in total. The highest BCUT2D eigenvalue weighted by molar-refractivity contribution is 9.10. The van der Waals surface area contributed by atoms with Gasteiger partial charge in [0, 0.05) is 36.3 Å². The molecule has 1 aliphatic rings. The molecule has 1 unspecified atom stereocenters. The summed E-state index contributed by atoms with van der Waals surface area (Å²) in [7, 11) is 0. The summed E-state index contributed by atoms with van der Waals surface area (Å²) in [6.45, 7) is 0.899. The monoisotopic (exact) mass is 501 g/mol. The molecule has 0 aliphatic carbocycles. The first-order chi connectivity index (χ1) is 15.4. The third-order valence-electron chi connectivity index (χ3n) is 5.62. The van der Waals surface area contributed by atoms with Crippen LogP contribution in [0, 0.1) is 11.6 Å². The Morgan fingerprint density at radius 3 is 2.88 bits per heavy atom. The summed E-state index contributed by atoms with van der Waals surface area (Å²) in [5.74, 6) is -1.12. The number of carbonyl (C=O) groups is 2. The van der Waals surface area contributed by atoms with E-state index in [-0.39, 0.29) is 23.4 Å². The van der Waals surface area contributed by atoms with Crippen LogP contribution in [-0.2, 0) is 16.0 Å². The van der Waals surface area contributed by atoms with Crippen molar-refractivity contribution >= 4 is 44.7 Å². The number of hydrogen-bond acceptors (Lipinski definition) is 2. The first-order valence-corrected chi connectivity index (χ1v) is 11.2. The number of aromatic nitrogens is 1. The maximum absolute atomic E-state index is 13.5. The second kappa shape index (κ2) is 9.65.